The summed E-state index contributed by atoms with van der Waals surface area (Å²) in [5.41, 5.74) is -0.511. The van der Waals surface area contributed by atoms with Gasteiger partial charge in [0.2, 0.25) is 0 Å². The van der Waals surface area contributed by atoms with Crippen LogP contribution in [0, 0.1) is 0 Å². The number of benzene rings is 1. The molecule has 2 rings (SSSR count). The van der Waals surface area contributed by atoms with E-state index in [1.165, 1.54) is 11.0 Å². The van der Waals surface area contributed by atoms with Crippen LogP contribution >= 0.6 is 23.2 Å². The predicted octanol–water partition coefficient (Wildman–Crippen LogP) is 3.90. The first kappa shape index (κ1) is 18.4. The lowest BCUT2D eigenvalue weighted by molar-refractivity contribution is -0.367. The molecule has 0 radical (unpaired) electrons. The number of nitrogens with one attached hydrogen (secondary N) is 2. The molecule has 1 aromatic heterocycles. The molecule has 0 saturated carbocycles. The lowest BCUT2D eigenvalue weighted by Crippen LogP contribution is -2.33. The number of carbonyl (C=O) groups excluding carboxylic acids is 1. The monoisotopic (exact) mass is 378 g/mol. The molecule has 0 aliphatic carbocycles. The lowest BCUT2D eigenvalue weighted by Gasteiger charge is -2.13. The van der Waals surface area contributed by atoms with Crippen molar-refractivity contribution in [3.63, 3.8) is 0 Å². The van der Waals surface area contributed by atoms with Crippen molar-refractivity contribution in [1.29, 1.82) is 0 Å². The molecule has 1 amide bonds. The molecule has 9 heteroatoms. The van der Waals surface area contributed by atoms with E-state index in [0.29, 0.717) is 15.9 Å². The van der Waals surface area contributed by atoms with Gasteiger partial charge >= 0.3 is 6.18 Å². The van der Waals surface area contributed by atoms with E-state index in [0.717, 1.165) is 12.3 Å². The number of pyridine rings is 1. The quantitative estimate of drug-likeness (QED) is 0.876. The van der Waals surface area contributed by atoms with Crippen LogP contribution in [-0.4, -0.2) is 19.5 Å². The number of para-hydroxylation sites is 1. The molecule has 1 aromatic carbocycles. The molecular formula is C15H13Cl2F3N3O+. The molecule has 128 valence electrons. The van der Waals surface area contributed by atoms with Crippen molar-refractivity contribution < 1.29 is 22.9 Å². The number of alkyl halides is 3. The zero-order valence-electron chi connectivity index (χ0n) is 12.4. The number of aromatic amines is 1. The van der Waals surface area contributed by atoms with Gasteiger partial charge in [0.05, 0.1) is 28.3 Å². The molecule has 0 atom stereocenters. The topological polar surface area (TPSA) is 46.5 Å². The average molecular weight is 379 g/mol. The first-order chi connectivity index (χ1) is 11.2. The van der Waals surface area contributed by atoms with Crippen LogP contribution in [-0.2, 0) is 11.0 Å². The zero-order valence-corrected chi connectivity index (χ0v) is 13.9. The summed E-state index contributed by atoms with van der Waals surface area (Å²) in [6, 6.07) is 6.99. The van der Waals surface area contributed by atoms with E-state index in [2.05, 4.69) is 10.3 Å². The van der Waals surface area contributed by atoms with Gasteiger partial charge in [0.1, 0.15) is 6.20 Å². The van der Waals surface area contributed by atoms with Gasteiger partial charge in [-0.2, -0.15) is 13.2 Å². The normalized spacial score (nSPS) is 11.2. The number of halogens is 5. The molecule has 4 nitrogen and oxygen atoms in total. The van der Waals surface area contributed by atoms with E-state index < -0.39 is 17.6 Å². The highest BCUT2D eigenvalue weighted by molar-refractivity contribution is 6.39. The Bertz CT molecular complexity index is 715. The van der Waals surface area contributed by atoms with Gasteiger partial charge in [-0.3, -0.25) is 9.69 Å². The second kappa shape index (κ2) is 7.27. The highest BCUT2D eigenvalue weighted by atomic mass is 35.5. The largest absolute Gasteiger partial charge is 0.419 e. The highest BCUT2D eigenvalue weighted by Gasteiger charge is 2.32. The van der Waals surface area contributed by atoms with Gasteiger partial charge in [0.25, 0.3) is 11.7 Å². The van der Waals surface area contributed by atoms with Gasteiger partial charge in [-0.25, -0.2) is 4.98 Å². The van der Waals surface area contributed by atoms with Crippen molar-refractivity contribution in [3.8, 4) is 0 Å². The Hall–Kier alpha value is -1.99. The van der Waals surface area contributed by atoms with Crippen LogP contribution in [0.3, 0.4) is 0 Å². The lowest BCUT2D eigenvalue weighted by atomic mass is 10.2. The standard InChI is InChI=1S/C15H12Cl2F3N3O/c1-23(12-6-5-9(7-21-12)15(18,19)20)8-13(24)22-14-10(16)3-2-4-11(14)17/h2-7H,8H2,1H3,(H,22,24)/p+1. The summed E-state index contributed by atoms with van der Waals surface area (Å²) in [4.78, 5) is 16.0. The fourth-order valence-corrected chi connectivity index (χ4v) is 2.42. The van der Waals surface area contributed by atoms with E-state index >= 15 is 0 Å². The van der Waals surface area contributed by atoms with Crippen LogP contribution in [0.5, 0.6) is 0 Å². The van der Waals surface area contributed by atoms with Crippen molar-refractivity contribution in [2.75, 3.05) is 23.8 Å². The van der Waals surface area contributed by atoms with Crippen molar-refractivity contribution >= 4 is 40.6 Å². The zero-order chi connectivity index (χ0) is 17.9. The van der Waals surface area contributed by atoms with Crippen molar-refractivity contribution in [2.45, 2.75) is 6.18 Å². The molecular weight excluding hydrogens is 366 g/mol. The van der Waals surface area contributed by atoms with Crippen LogP contribution in [0.4, 0.5) is 24.7 Å². The molecule has 0 saturated heterocycles. The Labute approximate surface area is 146 Å². The summed E-state index contributed by atoms with van der Waals surface area (Å²) in [6.07, 6.45) is -3.58. The number of carbonyl (C=O) groups is 1. The minimum atomic E-state index is -4.42. The Morgan fingerprint density at radius 1 is 1.21 bits per heavy atom. The average Bonchev–Trinajstić information content (AvgIpc) is 2.50. The van der Waals surface area contributed by atoms with Crippen LogP contribution in [0.15, 0.2) is 36.5 Å². The van der Waals surface area contributed by atoms with Crippen LogP contribution in [0.2, 0.25) is 10.0 Å². The number of hydrogen-bond acceptors (Lipinski definition) is 2. The number of rotatable bonds is 4. The molecule has 0 aliphatic rings. The second-order valence-electron chi connectivity index (χ2n) is 4.96. The van der Waals surface area contributed by atoms with E-state index in [9.17, 15) is 18.0 Å². The summed E-state index contributed by atoms with van der Waals surface area (Å²) in [5.74, 6) is -0.0656. The SMILES string of the molecule is CN(CC(=O)Nc1c(Cl)cccc1Cl)c1ccc(C(F)(F)F)c[nH+]1. The van der Waals surface area contributed by atoms with Crippen molar-refractivity contribution in [2.24, 2.45) is 0 Å². The maximum atomic E-state index is 12.5. The number of aromatic nitrogens is 1. The fourth-order valence-electron chi connectivity index (χ4n) is 1.93. The summed E-state index contributed by atoms with van der Waals surface area (Å²) in [6.45, 7) is -0.108. The van der Waals surface area contributed by atoms with E-state index in [-0.39, 0.29) is 12.2 Å². The third-order valence-corrected chi connectivity index (χ3v) is 3.77. The number of likely N-dealkylation sites (N-methyl/N-ethyl adjacent to an activating group) is 1. The van der Waals surface area contributed by atoms with Crippen molar-refractivity contribution in [3.05, 3.63) is 52.1 Å². The number of H-pyrrole nitrogens is 1. The second-order valence-corrected chi connectivity index (χ2v) is 5.78. The van der Waals surface area contributed by atoms with Crippen LogP contribution < -0.4 is 15.2 Å². The molecule has 0 aliphatic heterocycles. The Balaban J connectivity index is 2.04. The summed E-state index contributed by atoms with van der Waals surface area (Å²) in [7, 11) is 1.56. The van der Waals surface area contributed by atoms with Gasteiger partial charge in [0, 0.05) is 6.07 Å². The van der Waals surface area contributed by atoms with E-state index in [1.807, 2.05) is 0 Å². The van der Waals surface area contributed by atoms with Crippen LogP contribution in [0.1, 0.15) is 5.56 Å². The van der Waals surface area contributed by atoms with E-state index in [4.69, 9.17) is 23.2 Å². The fraction of sp³-hybridized carbons (Fsp3) is 0.200. The summed E-state index contributed by atoms with van der Waals surface area (Å²) in [5, 5.41) is 3.16. The maximum Gasteiger partial charge on any atom is 0.419 e. The smallest absolute Gasteiger partial charge is 0.320 e. The minimum Gasteiger partial charge on any atom is -0.320 e. The van der Waals surface area contributed by atoms with Crippen LogP contribution in [0.25, 0.3) is 0 Å². The highest BCUT2D eigenvalue weighted by Crippen LogP contribution is 2.30. The van der Waals surface area contributed by atoms with E-state index in [1.54, 1.807) is 25.2 Å². The number of amides is 1. The van der Waals surface area contributed by atoms with Gasteiger partial charge in [0.15, 0.2) is 6.54 Å². The Morgan fingerprint density at radius 3 is 2.33 bits per heavy atom. The molecule has 24 heavy (non-hydrogen) atoms. The summed E-state index contributed by atoms with van der Waals surface area (Å²) >= 11 is 11.9. The minimum absolute atomic E-state index is 0.108. The Kier molecular flexibility index (Phi) is 5.56. The third-order valence-electron chi connectivity index (χ3n) is 3.14. The molecule has 2 aromatic rings. The number of hydrogen-bond donors (Lipinski definition) is 1. The summed E-state index contributed by atoms with van der Waals surface area (Å²) < 4.78 is 37.6. The van der Waals surface area contributed by atoms with Gasteiger partial charge in [-0.1, -0.05) is 29.3 Å². The Morgan fingerprint density at radius 2 is 1.83 bits per heavy atom. The molecule has 0 fully saturated rings. The molecule has 1 heterocycles. The predicted molar refractivity (Wildman–Crippen MR) is 86.4 cm³/mol. The van der Waals surface area contributed by atoms with Gasteiger partial charge < -0.3 is 5.32 Å². The third kappa shape index (κ3) is 4.52. The molecule has 0 spiro atoms. The van der Waals surface area contributed by atoms with Crippen molar-refractivity contribution in [1.82, 2.24) is 0 Å². The van der Waals surface area contributed by atoms with Gasteiger partial charge in [-0.05, 0) is 18.2 Å². The molecule has 2 N–H and O–H groups in total. The number of anilines is 2. The number of nitrogens with zero attached hydrogens (tertiary/aromatic N) is 1. The first-order valence-electron chi connectivity index (χ1n) is 6.72. The molecule has 0 unspecified atom stereocenters. The first-order valence-corrected chi connectivity index (χ1v) is 7.48. The maximum absolute atomic E-state index is 12.5. The van der Waals surface area contributed by atoms with Gasteiger partial charge in [-0.15, -0.1) is 0 Å². The molecule has 0 bridgehead atoms.